The van der Waals surface area contributed by atoms with Crippen LogP contribution in [0.15, 0.2) is 17.3 Å². The number of hydrogen-bond donors (Lipinski definition) is 2. The van der Waals surface area contributed by atoms with Crippen molar-refractivity contribution in [2.24, 2.45) is 0 Å². The second kappa shape index (κ2) is 7.62. The van der Waals surface area contributed by atoms with E-state index in [2.05, 4.69) is 16.7 Å². The summed E-state index contributed by atoms with van der Waals surface area (Å²) in [7, 11) is -3.51. The number of aromatic nitrogens is 2. The van der Waals surface area contributed by atoms with Crippen LogP contribution in [0.5, 0.6) is 0 Å². The van der Waals surface area contributed by atoms with E-state index < -0.39 is 10.0 Å². The van der Waals surface area contributed by atoms with Gasteiger partial charge in [0.1, 0.15) is 4.90 Å². The van der Waals surface area contributed by atoms with Gasteiger partial charge >= 0.3 is 0 Å². The van der Waals surface area contributed by atoms with E-state index in [0.717, 1.165) is 25.0 Å². The Labute approximate surface area is 130 Å². The SMILES string of the molecule is CCSC1CCCC1NS(=O)(=O)c1cnn(CCCO)c1. The van der Waals surface area contributed by atoms with Gasteiger partial charge in [-0.2, -0.15) is 16.9 Å². The third-order valence-corrected chi connectivity index (χ3v) is 6.38. The molecule has 0 radical (unpaired) electrons. The highest BCUT2D eigenvalue weighted by molar-refractivity contribution is 8.00. The molecule has 2 atom stereocenters. The van der Waals surface area contributed by atoms with E-state index in [1.54, 1.807) is 4.68 Å². The van der Waals surface area contributed by atoms with Crippen LogP contribution in [0.4, 0.5) is 0 Å². The summed E-state index contributed by atoms with van der Waals surface area (Å²) in [5, 5.41) is 13.2. The highest BCUT2D eigenvalue weighted by Crippen LogP contribution is 2.30. The van der Waals surface area contributed by atoms with Gasteiger partial charge in [-0.3, -0.25) is 4.68 Å². The molecule has 1 aromatic heterocycles. The summed E-state index contributed by atoms with van der Waals surface area (Å²) >= 11 is 1.82. The van der Waals surface area contributed by atoms with Gasteiger partial charge in [0.25, 0.3) is 0 Å². The van der Waals surface area contributed by atoms with Crippen molar-refractivity contribution in [3.05, 3.63) is 12.4 Å². The number of nitrogens with zero attached hydrogens (tertiary/aromatic N) is 2. The number of aryl methyl sites for hydroxylation is 1. The maximum atomic E-state index is 12.4. The van der Waals surface area contributed by atoms with Crippen molar-refractivity contribution in [1.82, 2.24) is 14.5 Å². The van der Waals surface area contributed by atoms with E-state index in [1.807, 2.05) is 11.8 Å². The zero-order valence-electron chi connectivity index (χ0n) is 12.2. The van der Waals surface area contributed by atoms with Crippen LogP contribution in [0.25, 0.3) is 0 Å². The largest absolute Gasteiger partial charge is 0.396 e. The molecule has 0 aromatic carbocycles. The monoisotopic (exact) mass is 333 g/mol. The van der Waals surface area contributed by atoms with Crippen LogP contribution >= 0.6 is 11.8 Å². The first-order valence-electron chi connectivity index (χ1n) is 7.34. The average Bonchev–Trinajstić information content (AvgIpc) is 3.07. The van der Waals surface area contributed by atoms with Crippen molar-refractivity contribution in [1.29, 1.82) is 0 Å². The van der Waals surface area contributed by atoms with E-state index in [1.165, 1.54) is 12.4 Å². The van der Waals surface area contributed by atoms with Crippen LogP contribution in [-0.2, 0) is 16.6 Å². The lowest BCUT2D eigenvalue weighted by atomic mass is 10.3. The van der Waals surface area contributed by atoms with Crippen molar-refractivity contribution in [3.8, 4) is 0 Å². The van der Waals surface area contributed by atoms with Crippen molar-refractivity contribution in [3.63, 3.8) is 0 Å². The molecule has 0 saturated heterocycles. The molecule has 2 rings (SSSR count). The van der Waals surface area contributed by atoms with Crippen molar-refractivity contribution < 1.29 is 13.5 Å². The zero-order valence-corrected chi connectivity index (χ0v) is 13.9. The lowest BCUT2D eigenvalue weighted by molar-refractivity contribution is 0.277. The van der Waals surface area contributed by atoms with Gasteiger partial charge in [-0.1, -0.05) is 13.3 Å². The normalized spacial score (nSPS) is 22.8. The fourth-order valence-electron chi connectivity index (χ4n) is 2.58. The minimum Gasteiger partial charge on any atom is -0.396 e. The molecular formula is C13H23N3O3S2. The summed E-state index contributed by atoms with van der Waals surface area (Å²) in [5.74, 6) is 1.00. The molecule has 120 valence electrons. The Bertz CT molecular complexity index is 545. The van der Waals surface area contributed by atoms with Gasteiger partial charge in [0, 0.05) is 30.6 Å². The molecule has 8 heteroatoms. The molecule has 0 aliphatic heterocycles. The van der Waals surface area contributed by atoms with Crippen LogP contribution < -0.4 is 4.72 Å². The Balaban J connectivity index is 2.02. The van der Waals surface area contributed by atoms with Crippen LogP contribution in [0.2, 0.25) is 0 Å². The van der Waals surface area contributed by atoms with Gasteiger partial charge < -0.3 is 5.11 Å². The van der Waals surface area contributed by atoms with Crippen LogP contribution in [0, 0.1) is 0 Å². The summed E-state index contributed by atoms with van der Waals surface area (Å²) in [4.78, 5) is 0.201. The third-order valence-electron chi connectivity index (χ3n) is 3.61. The number of aliphatic hydroxyl groups excluding tert-OH is 1. The Morgan fingerprint density at radius 3 is 3.05 bits per heavy atom. The first kappa shape index (κ1) is 16.8. The van der Waals surface area contributed by atoms with Gasteiger partial charge in [-0.05, 0) is 25.0 Å². The fourth-order valence-corrected chi connectivity index (χ4v) is 5.13. The number of aliphatic hydroxyl groups is 1. The molecular weight excluding hydrogens is 310 g/mol. The molecule has 1 aliphatic carbocycles. The van der Waals surface area contributed by atoms with Gasteiger partial charge in [-0.25, -0.2) is 13.1 Å². The highest BCUT2D eigenvalue weighted by atomic mass is 32.2. The average molecular weight is 333 g/mol. The molecule has 6 nitrogen and oxygen atoms in total. The first-order valence-corrected chi connectivity index (χ1v) is 9.87. The fraction of sp³-hybridized carbons (Fsp3) is 0.769. The van der Waals surface area contributed by atoms with Crippen LogP contribution in [0.3, 0.4) is 0 Å². The molecule has 2 unspecified atom stereocenters. The van der Waals surface area contributed by atoms with Crippen molar-refractivity contribution in [2.75, 3.05) is 12.4 Å². The second-order valence-electron chi connectivity index (χ2n) is 5.17. The summed E-state index contributed by atoms with van der Waals surface area (Å²) in [6.07, 6.45) is 6.50. The van der Waals surface area contributed by atoms with Gasteiger partial charge in [0.2, 0.25) is 10.0 Å². The molecule has 0 bridgehead atoms. The zero-order chi connectivity index (χ0) is 15.3. The number of sulfonamides is 1. The maximum absolute atomic E-state index is 12.4. The lowest BCUT2D eigenvalue weighted by Crippen LogP contribution is -2.38. The van der Waals surface area contributed by atoms with E-state index in [4.69, 9.17) is 5.11 Å². The Morgan fingerprint density at radius 1 is 1.52 bits per heavy atom. The number of thioether (sulfide) groups is 1. The molecule has 1 saturated carbocycles. The minimum absolute atomic E-state index is 0.0146. The quantitative estimate of drug-likeness (QED) is 0.747. The van der Waals surface area contributed by atoms with Crippen molar-refractivity contribution in [2.45, 2.75) is 55.3 Å². The molecule has 0 spiro atoms. The Morgan fingerprint density at radius 2 is 2.33 bits per heavy atom. The first-order chi connectivity index (χ1) is 10.1. The van der Waals surface area contributed by atoms with Gasteiger partial charge in [0.05, 0.1) is 6.20 Å². The molecule has 1 heterocycles. The Hall–Kier alpha value is -0.570. The molecule has 1 aliphatic rings. The van der Waals surface area contributed by atoms with Gasteiger partial charge in [-0.15, -0.1) is 0 Å². The number of nitrogens with one attached hydrogen (secondary N) is 1. The smallest absolute Gasteiger partial charge is 0.243 e. The summed E-state index contributed by atoms with van der Waals surface area (Å²) in [5.41, 5.74) is 0. The van der Waals surface area contributed by atoms with E-state index in [0.29, 0.717) is 18.2 Å². The molecule has 2 N–H and O–H groups in total. The number of rotatable bonds is 8. The number of hydrogen-bond acceptors (Lipinski definition) is 5. The van der Waals surface area contributed by atoms with E-state index in [-0.39, 0.29) is 17.5 Å². The maximum Gasteiger partial charge on any atom is 0.243 e. The van der Waals surface area contributed by atoms with Crippen LogP contribution in [-0.4, -0.2) is 47.0 Å². The predicted octanol–water partition coefficient (Wildman–Crippen LogP) is 1.22. The molecule has 1 aromatic rings. The van der Waals surface area contributed by atoms with E-state index >= 15 is 0 Å². The topological polar surface area (TPSA) is 84.2 Å². The second-order valence-corrected chi connectivity index (χ2v) is 8.40. The molecule has 0 amide bonds. The Kier molecular flexibility index (Phi) is 6.09. The van der Waals surface area contributed by atoms with Crippen molar-refractivity contribution >= 4 is 21.8 Å². The summed E-state index contributed by atoms with van der Waals surface area (Å²) in [6.45, 7) is 2.68. The van der Waals surface area contributed by atoms with E-state index in [9.17, 15) is 8.42 Å². The van der Waals surface area contributed by atoms with Crippen LogP contribution in [0.1, 0.15) is 32.6 Å². The lowest BCUT2D eigenvalue weighted by Gasteiger charge is -2.19. The highest BCUT2D eigenvalue weighted by Gasteiger charge is 2.31. The third kappa shape index (κ3) is 4.45. The minimum atomic E-state index is -3.51. The standard InChI is InChI=1S/C13H23N3O3S2/c1-2-20-13-6-3-5-12(13)15-21(18,19)11-9-14-16(10-11)7-4-8-17/h9-10,12-13,15,17H,2-8H2,1H3. The predicted molar refractivity (Wildman–Crippen MR) is 83.8 cm³/mol. The molecule has 21 heavy (non-hydrogen) atoms. The molecule has 1 fully saturated rings. The summed E-state index contributed by atoms with van der Waals surface area (Å²) in [6, 6.07) is 0.0146. The summed E-state index contributed by atoms with van der Waals surface area (Å²) < 4.78 is 29.2. The van der Waals surface area contributed by atoms with Gasteiger partial charge in [0.15, 0.2) is 0 Å².